The van der Waals surface area contributed by atoms with Crippen LogP contribution in [0.3, 0.4) is 0 Å². The van der Waals surface area contributed by atoms with Crippen LogP contribution in [0.2, 0.25) is 0 Å². The Hall–Kier alpha value is -2.66. The number of hydrogen-bond acceptors (Lipinski definition) is 5. The summed E-state index contributed by atoms with van der Waals surface area (Å²) in [4.78, 5) is 40.7. The van der Waals surface area contributed by atoms with E-state index in [2.05, 4.69) is 10.2 Å². The molecule has 11 heteroatoms. The maximum atomic E-state index is 13.0. The number of nitrogens with one attached hydrogen (secondary N) is 1. The van der Waals surface area contributed by atoms with E-state index >= 15 is 0 Å². The second-order valence-corrected chi connectivity index (χ2v) is 8.74. The van der Waals surface area contributed by atoms with E-state index < -0.39 is 12.1 Å². The molecule has 1 aromatic carbocycles. The minimum absolute atomic E-state index is 0.0366. The van der Waals surface area contributed by atoms with Gasteiger partial charge in [-0.25, -0.2) is 4.79 Å². The van der Waals surface area contributed by atoms with Crippen molar-refractivity contribution in [1.82, 2.24) is 20.0 Å². The third-order valence-electron chi connectivity index (χ3n) is 5.99. The molecule has 3 rings (SSSR count). The lowest BCUT2D eigenvalue weighted by molar-refractivity contribution is -0.192. The number of piperazine rings is 1. The molecule has 2 aliphatic heterocycles. The lowest BCUT2D eigenvalue weighted by atomic mass is 10.1. The van der Waals surface area contributed by atoms with E-state index in [1.807, 2.05) is 41.0 Å². The van der Waals surface area contributed by atoms with Gasteiger partial charge in [0.1, 0.15) is 0 Å². The summed E-state index contributed by atoms with van der Waals surface area (Å²) in [7, 11) is 0. The Morgan fingerprint density at radius 1 is 1.00 bits per heavy atom. The number of hydrogen-bond donors (Lipinski definition) is 2. The molecule has 2 N–H and O–H groups in total. The number of carboxylic acids is 1. The number of amides is 2. The smallest absolute Gasteiger partial charge is 0.475 e. The van der Waals surface area contributed by atoms with E-state index in [1.165, 1.54) is 25.9 Å². The molecule has 0 radical (unpaired) electrons. The van der Waals surface area contributed by atoms with Gasteiger partial charge >= 0.3 is 12.1 Å². The number of aryl methyl sites for hydroxylation is 1. The third-order valence-corrected chi connectivity index (χ3v) is 5.99. The number of benzene rings is 1. The van der Waals surface area contributed by atoms with Crippen LogP contribution in [0.25, 0.3) is 0 Å². The number of rotatable bonds is 8. The van der Waals surface area contributed by atoms with Gasteiger partial charge in [-0.15, -0.1) is 0 Å². The summed E-state index contributed by atoms with van der Waals surface area (Å²) in [6, 6.07) is 7.73. The van der Waals surface area contributed by atoms with Crippen LogP contribution in [-0.4, -0.2) is 103 Å². The van der Waals surface area contributed by atoms with Crippen molar-refractivity contribution in [3.05, 3.63) is 35.4 Å². The fourth-order valence-electron chi connectivity index (χ4n) is 3.99. The van der Waals surface area contributed by atoms with Crippen LogP contribution in [0.4, 0.5) is 13.2 Å². The molecule has 196 valence electrons. The molecule has 0 saturated carbocycles. The van der Waals surface area contributed by atoms with Crippen molar-refractivity contribution in [3.8, 4) is 0 Å². The molecule has 35 heavy (non-hydrogen) atoms. The van der Waals surface area contributed by atoms with Gasteiger partial charge in [0.25, 0.3) is 5.91 Å². The minimum Gasteiger partial charge on any atom is -0.475 e. The average Bonchev–Trinajstić information content (AvgIpc) is 3.35. The fraction of sp³-hybridized carbons (Fsp3) is 0.625. The first-order valence-corrected chi connectivity index (χ1v) is 11.9. The van der Waals surface area contributed by atoms with Crippen LogP contribution in [0, 0.1) is 6.92 Å². The van der Waals surface area contributed by atoms with Crippen molar-refractivity contribution in [2.75, 3.05) is 58.9 Å². The van der Waals surface area contributed by atoms with Crippen LogP contribution in [0.15, 0.2) is 24.3 Å². The number of alkyl halides is 3. The maximum Gasteiger partial charge on any atom is 0.490 e. The van der Waals surface area contributed by atoms with Gasteiger partial charge in [0.15, 0.2) is 0 Å². The number of aliphatic carboxylic acids is 1. The molecule has 2 saturated heterocycles. The SMILES string of the molecule is Cc1ccc(C(=O)N(CCCN2CCCC2)CCC(=O)N2CCNCC2)cc1.O=C(O)C(F)(F)F. The third kappa shape index (κ3) is 10.2. The number of likely N-dealkylation sites (tertiary alicyclic amines) is 1. The lowest BCUT2D eigenvalue weighted by Gasteiger charge is -2.29. The Morgan fingerprint density at radius 3 is 2.11 bits per heavy atom. The van der Waals surface area contributed by atoms with E-state index in [-0.39, 0.29) is 11.8 Å². The molecule has 1 aromatic rings. The molecule has 2 amide bonds. The van der Waals surface area contributed by atoms with Crippen LogP contribution in [0.1, 0.15) is 41.6 Å². The fourth-order valence-corrected chi connectivity index (χ4v) is 3.99. The summed E-state index contributed by atoms with van der Waals surface area (Å²) >= 11 is 0. The molecular formula is C24H35F3N4O4. The molecule has 0 spiro atoms. The van der Waals surface area contributed by atoms with Crippen molar-refractivity contribution < 1.29 is 32.7 Å². The molecular weight excluding hydrogens is 465 g/mol. The van der Waals surface area contributed by atoms with Crippen molar-refractivity contribution in [2.24, 2.45) is 0 Å². The quantitative estimate of drug-likeness (QED) is 0.570. The van der Waals surface area contributed by atoms with Gasteiger partial charge in [-0.2, -0.15) is 13.2 Å². The maximum absolute atomic E-state index is 13.0. The number of carbonyl (C=O) groups is 3. The highest BCUT2D eigenvalue weighted by Crippen LogP contribution is 2.13. The van der Waals surface area contributed by atoms with Crippen molar-refractivity contribution >= 4 is 17.8 Å². The topological polar surface area (TPSA) is 93.2 Å². The monoisotopic (exact) mass is 500 g/mol. The number of halogens is 3. The minimum atomic E-state index is -5.08. The predicted molar refractivity (Wildman–Crippen MR) is 125 cm³/mol. The second kappa shape index (κ2) is 14.0. The van der Waals surface area contributed by atoms with Gasteiger partial charge in [-0.05, 0) is 58.0 Å². The molecule has 0 bridgehead atoms. The zero-order chi connectivity index (χ0) is 25.8. The summed E-state index contributed by atoms with van der Waals surface area (Å²) in [6.45, 7) is 9.84. The Bertz CT molecular complexity index is 821. The Balaban J connectivity index is 0.000000540. The highest BCUT2D eigenvalue weighted by Gasteiger charge is 2.38. The van der Waals surface area contributed by atoms with E-state index in [0.717, 1.165) is 44.7 Å². The Labute approximate surface area is 204 Å². The van der Waals surface area contributed by atoms with Gasteiger partial charge in [-0.1, -0.05) is 17.7 Å². The first-order valence-electron chi connectivity index (χ1n) is 11.9. The zero-order valence-electron chi connectivity index (χ0n) is 20.1. The molecule has 0 aliphatic carbocycles. The summed E-state index contributed by atoms with van der Waals surface area (Å²) in [5, 5.41) is 10.4. The van der Waals surface area contributed by atoms with Crippen LogP contribution >= 0.6 is 0 Å². The number of carboxylic acid groups (broad SMARTS) is 1. The van der Waals surface area contributed by atoms with Gasteiger partial charge in [0.2, 0.25) is 5.91 Å². The summed E-state index contributed by atoms with van der Waals surface area (Å²) < 4.78 is 31.7. The van der Waals surface area contributed by atoms with Gasteiger partial charge in [0.05, 0.1) is 0 Å². The molecule has 2 heterocycles. The Kier molecular flexibility index (Phi) is 11.5. The van der Waals surface area contributed by atoms with E-state index in [9.17, 15) is 22.8 Å². The van der Waals surface area contributed by atoms with E-state index in [1.54, 1.807) is 0 Å². The van der Waals surface area contributed by atoms with Crippen LogP contribution in [0.5, 0.6) is 0 Å². The molecule has 2 aliphatic rings. The average molecular weight is 501 g/mol. The molecule has 8 nitrogen and oxygen atoms in total. The second-order valence-electron chi connectivity index (χ2n) is 8.74. The lowest BCUT2D eigenvalue weighted by Crippen LogP contribution is -2.47. The summed E-state index contributed by atoms with van der Waals surface area (Å²) in [5.41, 5.74) is 1.85. The molecule has 0 unspecified atom stereocenters. The highest BCUT2D eigenvalue weighted by atomic mass is 19.4. The van der Waals surface area contributed by atoms with E-state index in [0.29, 0.717) is 25.1 Å². The van der Waals surface area contributed by atoms with Gasteiger partial charge < -0.3 is 25.1 Å². The van der Waals surface area contributed by atoms with E-state index in [4.69, 9.17) is 9.90 Å². The van der Waals surface area contributed by atoms with Crippen molar-refractivity contribution in [1.29, 1.82) is 0 Å². The normalized spacial score (nSPS) is 16.4. The summed E-state index contributed by atoms with van der Waals surface area (Å²) in [6.07, 6.45) is -1.16. The molecule has 2 fully saturated rings. The van der Waals surface area contributed by atoms with Gasteiger partial charge in [-0.3, -0.25) is 9.59 Å². The van der Waals surface area contributed by atoms with Crippen molar-refractivity contribution in [3.63, 3.8) is 0 Å². The van der Waals surface area contributed by atoms with Crippen molar-refractivity contribution in [2.45, 2.75) is 38.8 Å². The van der Waals surface area contributed by atoms with Crippen LogP contribution < -0.4 is 5.32 Å². The van der Waals surface area contributed by atoms with Crippen LogP contribution in [-0.2, 0) is 9.59 Å². The predicted octanol–water partition coefficient (Wildman–Crippen LogP) is 2.38. The number of carbonyl (C=O) groups excluding carboxylic acids is 2. The standard InChI is InChI=1S/C22H34N4O2.C2HF3O2/c1-19-5-7-20(8-6-19)22(28)26(15-4-14-24-12-2-3-13-24)16-9-21(27)25-17-10-23-11-18-25;3-2(4,5)1(6)7/h5-8,23H,2-4,9-18H2,1H3;(H,6,7). The molecule has 0 atom stereocenters. The summed E-state index contributed by atoms with van der Waals surface area (Å²) in [5.74, 6) is -2.57. The largest absolute Gasteiger partial charge is 0.490 e. The Morgan fingerprint density at radius 2 is 1.57 bits per heavy atom. The molecule has 0 aromatic heterocycles. The highest BCUT2D eigenvalue weighted by molar-refractivity contribution is 5.94. The zero-order valence-corrected chi connectivity index (χ0v) is 20.1. The number of nitrogens with zero attached hydrogens (tertiary/aromatic N) is 3. The first kappa shape index (κ1) is 28.6. The first-order chi connectivity index (χ1) is 16.6. The van der Waals surface area contributed by atoms with Gasteiger partial charge in [0, 0.05) is 51.3 Å².